The lowest BCUT2D eigenvalue weighted by molar-refractivity contribution is -0.384. The van der Waals surface area contributed by atoms with Gasteiger partial charge in [-0.1, -0.05) is 29.4 Å². The lowest BCUT2D eigenvalue weighted by Gasteiger charge is -2.03. The molecule has 0 bridgehead atoms. The minimum atomic E-state index is -0.481. The molecule has 0 atom stereocenters. The number of rotatable bonds is 3. The van der Waals surface area contributed by atoms with Gasteiger partial charge in [0.05, 0.1) is 4.92 Å². The SMILES string of the molecule is Cc1c(N)cccc1-c1noc(-c2ccccc2[N+](=O)[O-])n1. The number of nitrogen functional groups attached to an aromatic ring is 1. The maximum absolute atomic E-state index is 11.1. The van der Waals surface area contributed by atoms with Crippen LogP contribution in [-0.2, 0) is 0 Å². The maximum Gasteiger partial charge on any atom is 0.282 e. The van der Waals surface area contributed by atoms with Crippen molar-refractivity contribution >= 4 is 11.4 Å². The molecular weight excluding hydrogens is 284 g/mol. The smallest absolute Gasteiger partial charge is 0.282 e. The van der Waals surface area contributed by atoms with Gasteiger partial charge in [0.1, 0.15) is 5.56 Å². The largest absolute Gasteiger partial charge is 0.398 e. The number of aromatic nitrogens is 2. The first kappa shape index (κ1) is 13.7. The Bertz CT molecular complexity index is 857. The third kappa shape index (κ3) is 2.28. The van der Waals surface area contributed by atoms with Gasteiger partial charge in [0.2, 0.25) is 5.82 Å². The molecule has 0 unspecified atom stereocenters. The average Bonchev–Trinajstić information content (AvgIpc) is 2.99. The summed E-state index contributed by atoms with van der Waals surface area (Å²) in [4.78, 5) is 14.8. The molecule has 0 spiro atoms. The number of hydrogen-bond donors (Lipinski definition) is 1. The highest BCUT2D eigenvalue weighted by molar-refractivity contribution is 5.71. The summed E-state index contributed by atoms with van der Waals surface area (Å²) in [5, 5.41) is 15.0. The summed E-state index contributed by atoms with van der Waals surface area (Å²) in [6.07, 6.45) is 0. The number of nitrogens with two attached hydrogens (primary N) is 1. The number of nitro groups is 1. The van der Waals surface area contributed by atoms with E-state index >= 15 is 0 Å². The Morgan fingerprint density at radius 2 is 1.86 bits per heavy atom. The fraction of sp³-hybridized carbons (Fsp3) is 0.0667. The highest BCUT2D eigenvalue weighted by Crippen LogP contribution is 2.31. The number of anilines is 1. The fourth-order valence-electron chi connectivity index (χ4n) is 2.15. The first-order chi connectivity index (χ1) is 10.6. The van der Waals surface area contributed by atoms with Crippen molar-refractivity contribution < 1.29 is 9.45 Å². The van der Waals surface area contributed by atoms with Crippen LogP contribution in [0, 0.1) is 17.0 Å². The highest BCUT2D eigenvalue weighted by Gasteiger charge is 2.20. The minimum Gasteiger partial charge on any atom is -0.398 e. The molecule has 110 valence electrons. The summed E-state index contributed by atoms with van der Waals surface area (Å²) in [5.74, 6) is 0.446. The van der Waals surface area contributed by atoms with Crippen LogP contribution in [0.5, 0.6) is 0 Å². The zero-order chi connectivity index (χ0) is 15.7. The van der Waals surface area contributed by atoms with E-state index in [1.165, 1.54) is 6.07 Å². The fourth-order valence-corrected chi connectivity index (χ4v) is 2.15. The maximum atomic E-state index is 11.1. The molecule has 0 fully saturated rings. The van der Waals surface area contributed by atoms with Crippen LogP contribution < -0.4 is 5.73 Å². The van der Waals surface area contributed by atoms with Crippen molar-refractivity contribution in [2.24, 2.45) is 0 Å². The predicted octanol–water partition coefficient (Wildman–Crippen LogP) is 3.20. The van der Waals surface area contributed by atoms with Crippen molar-refractivity contribution in [3.63, 3.8) is 0 Å². The summed E-state index contributed by atoms with van der Waals surface area (Å²) in [7, 11) is 0. The van der Waals surface area contributed by atoms with Crippen LogP contribution >= 0.6 is 0 Å². The molecule has 3 rings (SSSR count). The van der Waals surface area contributed by atoms with Gasteiger partial charge in [-0.2, -0.15) is 4.98 Å². The van der Waals surface area contributed by atoms with Crippen LogP contribution in [-0.4, -0.2) is 15.1 Å². The number of para-hydroxylation sites is 1. The van der Waals surface area contributed by atoms with Crippen LogP contribution in [0.25, 0.3) is 22.8 Å². The molecule has 0 aliphatic carbocycles. The van der Waals surface area contributed by atoms with E-state index in [2.05, 4.69) is 10.1 Å². The molecule has 0 amide bonds. The monoisotopic (exact) mass is 296 g/mol. The Morgan fingerprint density at radius 1 is 1.14 bits per heavy atom. The van der Waals surface area contributed by atoms with Gasteiger partial charge in [-0.25, -0.2) is 0 Å². The van der Waals surface area contributed by atoms with E-state index in [0.717, 1.165) is 11.1 Å². The standard InChI is InChI=1S/C15H12N4O3/c1-9-10(6-4-7-12(9)16)14-17-15(22-18-14)11-5-2-3-8-13(11)19(20)21/h2-8H,16H2,1H3. The third-order valence-electron chi connectivity index (χ3n) is 3.37. The quantitative estimate of drug-likeness (QED) is 0.451. The van der Waals surface area contributed by atoms with Gasteiger partial charge in [-0.3, -0.25) is 10.1 Å². The van der Waals surface area contributed by atoms with Crippen LogP contribution in [0.15, 0.2) is 47.0 Å². The first-order valence-electron chi connectivity index (χ1n) is 6.51. The summed E-state index contributed by atoms with van der Waals surface area (Å²) < 4.78 is 5.18. The number of benzene rings is 2. The molecule has 0 radical (unpaired) electrons. The van der Waals surface area contributed by atoms with Crippen molar-refractivity contribution in [3.05, 3.63) is 58.1 Å². The zero-order valence-corrected chi connectivity index (χ0v) is 11.7. The van der Waals surface area contributed by atoms with Crippen LogP contribution in [0.1, 0.15) is 5.56 Å². The van der Waals surface area contributed by atoms with Crippen molar-refractivity contribution in [3.8, 4) is 22.8 Å². The summed E-state index contributed by atoms with van der Waals surface area (Å²) >= 11 is 0. The van der Waals surface area contributed by atoms with Gasteiger partial charge in [0.25, 0.3) is 11.6 Å². The summed E-state index contributed by atoms with van der Waals surface area (Å²) in [5.41, 5.74) is 8.25. The highest BCUT2D eigenvalue weighted by atomic mass is 16.6. The lowest BCUT2D eigenvalue weighted by atomic mass is 10.1. The predicted molar refractivity (Wildman–Crippen MR) is 81.0 cm³/mol. The first-order valence-corrected chi connectivity index (χ1v) is 6.51. The van der Waals surface area contributed by atoms with Crippen molar-refractivity contribution in [1.29, 1.82) is 0 Å². The molecule has 1 heterocycles. The summed E-state index contributed by atoms with van der Waals surface area (Å²) in [6.45, 7) is 1.85. The second kappa shape index (κ2) is 5.28. The van der Waals surface area contributed by atoms with Crippen LogP contribution in [0.3, 0.4) is 0 Å². The van der Waals surface area contributed by atoms with E-state index in [9.17, 15) is 10.1 Å². The van der Waals surface area contributed by atoms with Gasteiger partial charge >= 0.3 is 0 Å². The van der Waals surface area contributed by atoms with Gasteiger partial charge < -0.3 is 10.3 Å². The second-order valence-corrected chi connectivity index (χ2v) is 4.72. The van der Waals surface area contributed by atoms with Crippen molar-refractivity contribution in [2.45, 2.75) is 6.92 Å². The molecule has 0 aliphatic rings. The molecule has 22 heavy (non-hydrogen) atoms. The van der Waals surface area contributed by atoms with Gasteiger partial charge in [0, 0.05) is 17.3 Å². The van der Waals surface area contributed by atoms with E-state index < -0.39 is 4.92 Å². The van der Waals surface area contributed by atoms with E-state index in [-0.39, 0.29) is 17.1 Å². The molecule has 2 aromatic carbocycles. The Kier molecular flexibility index (Phi) is 3.30. The molecule has 7 heteroatoms. The number of nitro benzene ring substituents is 1. The summed E-state index contributed by atoms with van der Waals surface area (Å²) in [6, 6.07) is 11.6. The van der Waals surface area contributed by atoms with Gasteiger partial charge in [-0.15, -0.1) is 0 Å². The van der Waals surface area contributed by atoms with E-state index in [4.69, 9.17) is 10.3 Å². The molecule has 3 aromatic rings. The number of nitrogens with zero attached hydrogens (tertiary/aromatic N) is 3. The molecular formula is C15H12N4O3. The minimum absolute atomic E-state index is 0.0815. The average molecular weight is 296 g/mol. The van der Waals surface area contributed by atoms with Crippen LogP contribution in [0.2, 0.25) is 0 Å². The second-order valence-electron chi connectivity index (χ2n) is 4.72. The van der Waals surface area contributed by atoms with E-state index in [0.29, 0.717) is 11.5 Å². The molecule has 0 saturated carbocycles. The Hall–Kier alpha value is -3.22. The molecule has 7 nitrogen and oxygen atoms in total. The van der Waals surface area contributed by atoms with E-state index in [1.807, 2.05) is 13.0 Å². The third-order valence-corrected chi connectivity index (χ3v) is 3.37. The van der Waals surface area contributed by atoms with Crippen molar-refractivity contribution in [1.82, 2.24) is 10.1 Å². The molecule has 0 saturated heterocycles. The molecule has 2 N–H and O–H groups in total. The van der Waals surface area contributed by atoms with E-state index in [1.54, 1.807) is 30.3 Å². The zero-order valence-electron chi connectivity index (χ0n) is 11.7. The molecule has 0 aliphatic heterocycles. The normalized spacial score (nSPS) is 10.6. The molecule has 1 aromatic heterocycles. The van der Waals surface area contributed by atoms with Crippen LogP contribution in [0.4, 0.5) is 11.4 Å². The Morgan fingerprint density at radius 3 is 2.64 bits per heavy atom. The Balaban J connectivity index is 2.09. The lowest BCUT2D eigenvalue weighted by Crippen LogP contribution is -1.93. The topological polar surface area (TPSA) is 108 Å². The Labute approximate surface area is 125 Å². The van der Waals surface area contributed by atoms with Gasteiger partial charge in [-0.05, 0) is 24.6 Å². The number of hydrogen-bond acceptors (Lipinski definition) is 6. The van der Waals surface area contributed by atoms with Crippen molar-refractivity contribution in [2.75, 3.05) is 5.73 Å². The van der Waals surface area contributed by atoms with Gasteiger partial charge in [0.15, 0.2) is 0 Å².